The second-order valence-corrected chi connectivity index (χ2v) is 7.38. The van der Waals surface area contributed by atoms with E-state index >= 15 is 0 Å². The lowest BCUT2D eigenvalue weighted by molar-refractivity contribution is -0.136. The highest BCUT2D eigenvalue weighted by atomic mass is 35.5. The Bertz CT molecular complexity index is 604. The second-order valence-electron chi connectivity index (χ2n) is 7.38. The molecule has 140 valence electrons. The van der Waals surface area contributed by atoms with Crippen LogP contribution in [0, 0.1) is 11.2 Å². The van der Waals surface area contributed by atoms with Gasteiger partial charge in [0.25, 0.3) is 0 Å². The van der Waals surface area contributed by atoms with E-state index in [-0.39, 0.29) is 48.0 Å². The fourth-order valence-corrected chi connectivity index (χ4v) is 2.83. The van der Waals surface area contributed by atoms with E-state index in [0.717, 1.165) is 5.56 Å². The Labute approximate surface area is 154 Å². The van der Waals surface area contributed by atoms with Crippen molar-refractivity contribution in [2.75, 3.05) is 26.2 Å². The zero-order chi connectivity index (χ0) is 17.7. The Morgan fingerprint density at radius 1 is 1.36 bits per heavy atom. The van der Waals surface area contributed by atoms with Crippen LogP contribution in [0.2, 0.25) is 0 Å². The number of hydrogen-bond donors (Lipinski definition) is 2. The van der Waals surface area contributed by atoms with Gasteiger partial charge in [-0.3, -0.25) is 9.59 Å². The van der Waals surface area contributed by atoms with E-state index in [0.29, 0.717) is 26.1 Å². The molecular formula is C18H27ClFN3O2. The van der Waals surface area contributed by atoms with Crippen molar-refractivity contribution in [1.82, 2.24) is 15.5 Å². The maximum absolute atomic E-state index is 13.5. The molecule has 2 amide bonds. The molecule has 25 heavy (non-hydrogen) atoms. The highest BCUT2D eigenvalue weighted by molar-refractivity contribution is 5.85. The van der Waals surface area contributed by atoms with Crippen molar-refractivity contribution < 1.29 is 14.0 Å². The summed E-state index contributed by atoms with van der Waals surface area (Å²) in [6.07, 6.45) is 0.370. The first-order valence-electron chi connectivity index (χ1n) is 8.28. The highest BCUT2D eigenvalue weighted by Crippen LogP contribution is 2.23. The van der Waals surface area contributed by atoms with E-state index in [1.807, 2.05) is 26.8 Å². The summed E-state index contributed by atoms with van der Waals surface area (Å²) in [5.74, 6) is -0.592. The van der Waals surface area contributed by atoms with Gasteiger partial charge in [0.1, 0.15) is 5.82 Å². The Hall–Kier alpha value is -1.66. The van der Waals surface area contributed by atoms with Crippen LogP contribution in [0.3, 0.4) is 0 Å². The number of benzene rings is 1. The van der Waals surface area contributed by atoms with Crippen molar-refractivity contribution in [2.45, 2.75) is 33.2 Å². The smallest absolute Gasteiger partial charge is 0.242 e. The zero-order valence-electron chi connectivity index (χ0n) is 15.0. The molecule has 2 rings (SSSR count). The summed E-state index contributed by atoms with van der Waals surface area (Å²) in [5.41, 5.74) is 0.642. The third kappa shape index (κ3) is 6.63. The monoisotopic (exact) mass is 371 g/mol. The molecular weight excluding hydrogens is 345 g/mol. The predicted octanol–water partition coefficient (Wildman–Crippen LogP) is 2.27. The van der Waals surface area contributed by atoms with Crippen LogP contribution in [0.25, 0.3) is 0 Å². The molecule has 2 N–H and O–H groups in total. The van der Waals surface area contributed by atoms with Crippen molar-refractivity contribution >= 4 is 24.2 Å². The molecule has 1 aliphatic rings. The number of hydrogen-bond acceptors (Lipinski definition) is 3. The molecule has 5 nitrogen and oxygen atoms in total. The van der Waals surface area contributed by atoms with Gasteiger partial charge in [0.2, 0.25) is 11.8 Å². The van der Waals surface area contributed by atoms with E-state index in [4.69, 9.17) is 0 Å². The number of rotatable bonds is 4. The third-order valence-corrected chi connectivity index (χ3v) is 3.92. The van der Waals surface area contributed by atoms with Crippen molar-refractivity contribution in [3.8, 4) is 0 Å². The lowest BCUT2D eigenvalue weighted by atomic mass is 9.92. The Morgan fingerprint density at radius 2 is 2.08 bits per heavy atom. The van der Waals surface area contributed by atoms with Crippen LogP contribution >= 0.6 is 12.4 Å². The van der Waals surface area contributed by atoms with Crippen LogP contribution in [0.1, 0.15) is 38.8 Å². The Morgan fingerprint density at radius 3 is 2.72 bits per heavy atom. The minimum atomic E-state index is -0.316. The second kappa shape index (κ2) is 9.15. The molecule has 1 unspecified atom stereocenters. The average Bonchev–Trinajstić information content (AvgIpc) is 2.51. The fraction of sp³-hybridized carbons (Fsp3) is 0.556. The van der Waals surface area contributed by atoms with E-state index in [1.165, 1.54) is 12.1 Å². The van der Waals surface area contributed by atoms with Crippen LogP contribution in [0.5, 0.6) is 0 Å². The summed E-state index contributed by atoms with van der Waals surface area (Å²) < 4.78 is 13.5. The lowest BCUT2D eigenvalue weighted by Gasteiger charge is -2.36. The van der Waals surface area contributed by atoms with Crippen LogP contribution in [0.15, 0.2) is 24.3 Å². The van der Waals surface area contributed by atoms with Gasteiger partial charge in [0.15, 0.2) is 0 Å². The van der Waals surface area contributed by atoms with Gasteiger partial charge in [-0.1, -0.05) is 32.9 Å². The fourth-order valence-electron chi connectivity index (χ4n) is 2.83. The largest absolute Gasteiger partial charge is 0.347 e. The van der Waals surface area contributed by atoms with E-state index in [1.54, 1.807) is 11.0 Å². The van der Waals surface area contributed by atoms with Gasteiger partial charge in [-0.2, -0.15) is 0 Å². The summed E-state index contributed by atoms with van der Waals surface area (Å²) in [5, 5.41) is 5.92. The molecule has 7 heteroatoms. The number of nitrogens with one attached hydrogen (secondary N) is 2. The molecule has 0 bridgehead atoms. The third-order valence-electron chi connectivity index (χ3n) is 3.92. The number of halogens is 2. The molecule has 1 atom stereocenters. The first-order valence-corrected chi connectivity index (χ1v) is 8.28. The minimum Gasteiger partial charge on any atom is -0.347 e. The number of carbonyl (C=O) groups excluding carboxylic acids is 2. The number of piperazine rings is 1. The molecule has 1 aromatic rings. The summed E-state index contributed by atoms with van der Waals surface area (Å²) in [7, 11) is 0. The summed E-state index contributed by atoms with van der Waals surface area (Å²) in [6, 6.07) is 6.09. The average molecular weight is 372 g/mol. The molecule has 0 radical (unpaired) electrons. The SMILES string of the molecule is CC(C)(C)CC(=O)NCC(=O)N1CCNCC1c1cccc(F)c1.Cl. The summed E-state index contributed by atoms with van der Waals surface area (Å²) >= 11 is 0. The zero-order valence-corrected chi connectivity index (χ0v) is 15.8. The quantitative estimate of drug-likeness (QED) is 0.853. The van der Waals surface area contributed by atoms with Gasteiger partial charge < -0.3 is 15.5 Å². The molecule has 1 saturated heterocycles. The highest BCUT2D eigenvalue weighted by Gasteiger charge is 2.28. The van der Waals surface area contributed by atoms with Crippen LogP contribution in [-0.2, 0) is 9.59 Å². The van der Waals surface area contributed by atoms with Crippen LogP contribution in [-0.4, -0.2) is 42.9 Å². The van der Waals surface area contributed by atoms with Crippen molar-refractivity contribution in [3.05, 3.63) is 35.6 Å². The molecule has 1 aromatic carbocycles. The molecule has 1 aliphatic heterocycles. The van der Waals surface area contributed by atoms with Gasteiger partial charge in [0, 0.05) is 26.1 Å². The van der Waals surface area contributed by atoms with E-state index in [2.05, 4.69) is 10.6 Å². The van der Waals surface area contributed by atoms with Gasteiger partial charge in [-0.15, -0.1) is 12.4 Å². The van der Waals surface area contributed by atoms with Gasteiger partial charge in [-0.05, 0) is 23.1 Å². The van der Waals surface area contributed by atoms with Gasteiger partial charge >= 0.3 is 0 Å². The maximum Gasteiger partial charge on any atom is 0.242 e. The normalized spacial score (nSPS) is 17.6. The Kier molecular flexibility index (Phi) is 7.83. The van der Waals surface area contributed by atoms with Gasteiger partial charge in [-0.25, -0.2) is 4.39 Å². The van der Waals surface area contributed by atoms with E-state index < -0.39 is 0 Å². The molecule has 1 fully saturated rings. The molecule has 0 aromatic heterocycles. The predicted molar refractivity (Wildman–Crippen MR) is 98.1 cm³/mol. The van der Waals surface area contributed by atoms with Crippen LogP contribution in [0.4, 0.5) is 4.39 Å². The summed E-state index contributed by atoms with van der Waals surface area (Å²) in [4.78, 5) is 26.1. The molecule has 0 spiro atoms. The summed E-state index contributed by atoms with van der Waals surface area (Å²) in [6.45, 7) is 7.70. The Balaban J connectivity index is 0.00000312. The van der Waals surface area contributed by atoms with Crippen molar-refractivity contribution in [2.24, 2.45) is 5.41 Å². The topological polar surface area (TPSA) is 61.4 Å². The van der Waals surface area contributed by atoms with Crippen molar-refractivity contribution in [3.63, 3.8) is 0 Å². The molecule has 0 aliphatic carbocycles. The molecule has 0 saturated carbocycles. The van der Waals surface area contributed by atoms with Crippen LogP contribution < -0.4 is 10.6 Å². The van der Waals surface area contributed by atoms with Gasteiger partial charge in [0.05, 0.1) is 12.6 Å². The number of carbonyl (C=O) groups is 2. The first kappa shape index (κ1) is 21.4. The minimum absolute atomic E-state index is 0. The number of nitrogens with zero attached hydrogens (tertiary/aromatic N) is 1. The number of amides is 2. The molecule has 1 heterocycles. The van der Waals surface area contributed by atoms with E-state index in [9.17, 15) is 14.0 Å². The lowest BCUT2D eigenvalue weighted by Crippen LogP contribution is -2.51. The maximum atomic E-state index is 13.5. The first-order chi connectivity index (χ1) is 11.3. The van der Waals surface area contributed by atoms with Crippen molar-refractivity contribution in [1.29, 1.82) is 0 Å². The standard InChI is InChI=1S/C18H26FN3O2.ClH/c1-18(2,3)10-16(23)21-12-17(24)22-8-7-20-11-15(22)13-5-4-6-14(19)9-13;/h4-6,9,15,20H,7-8,10-12H2,1-3H3,(H,21,23);1H.